The highest BCUT2D eigenvalue weighted by atomic mass is 16.7. The van der Waals surface area contributed by atoms with E-state index in [9.17, 15) is 44.4 Å². The fourth-order valence-electron chi connectivity index (χ4n) is 14.3. The average Bonchev–Trinajstić information content (AvgIpc) is 0.937. The molecule has 2 fully saturated rings. The topological polar surface area (TPSA) is 272 Å². The van der Waals surface area contributed by atoms with Crippen molar-refractivity contribution in [2.75, 3.05) is 76.3 Å². The van der Waals surface area contributed by atoms with Gasteiger partial charge in [-0.1, -0.05) is 27.0 Å². The third-order valence-electron chi connectivity index (χ3n) is 17.6. The Morgan fingerprint density at radius 2 is 1.01 bits per heavy atom. The van der Waals surface area contributed by atoms with Crippen LogP contribution in [-0.4, -0.2) is 184 Å². The van der Waals surface area contributed by atoms with Crippen LogP contribution in [0.5, 0.6) is 23.0 Å². The Morgan fingerprint density at radius 1 is 0.590 bits per heavy atom. The number of likely N-dealkylation sites (N-methyl/N-ethyl adjacent to an activating group) is 2. The number of aliphatic hydroxyl groups is 1. The van der Waals surface area contributed by atoms with E-state index in [1.54, 1.807) is 28.3 Å². The zero-order valence-electron chi connectivity index (χ0n) is 48.0. The third-order valence-corrected chi connectivity index (χ3v) is 17.6. The van der Waals surface area contributed by atoms with E-state index in [1.807, 2.05) is 37.7 Å². The summed E-state index contributed by atoms with van der Waals surface area (Å²) < 4.78 is 39.7. The summed E-state index contributed by atoms with van der Waals surface area (Å²) >= 11 is 0. The van der Waals surface area contributed by atoms with Gasteiger partial charge in [-0.25, -0.2) is 0 Å². The van der Waals surface area contributed by atoms with Gasteiger partial charge in [0.05, 0.1) is 57.6 Å². The number of benzene rings is 2. The highest BCUT2D eigenvalue weighted by molar-refractivity contribution is 6.50. The molecule has 22 heteroatoms. The number of hydrogen-bond acceptors (Lipinski definition) is 20. The fraction of sp³-hybridized carbons (Fsp3) is 0.541. The number of amides is 2. The zero-order valence-corrected chi connectivity index (χ0v) is 48.0. The molecule has 2 aromatic carbocycles. The Hall–Kier alpha value is -7.44. The summed E-state index contributed by atoms with van der Waals surface area (Å²) in [4.78, 5) is 86.2. The van der Waals surface area contributed by atoms with Crippen molar-refractivity contribution >= 4 is 34.9 Å². The number of ketones is 4. The maximum absolute atomic E-state index is 13.8. The van der Waals surface area contributed by atoms with Gasteiger partial charge < -0.3 is 48.9 Å². The van der Waals surface area contributed by atoms with E-state index < -0.39 is 41.8 Å². The number of Topliss-reactive ketones (excluding diaryl/α,β-unsaturated/α-hetero) is 4. The first kappa shape index (κ1) is 63.1. The molecule has 2 amide bonds. The lowest BCUT2D eigenvalue weighted by Gasteiger charge is -2.60. The lowest BCUT2D eigenvalue weighted by atomic mass is 9.69. The molecule has 2 aromatic rings. The van der Waals surface area contributed by atoms with Crippen LogP contribution >= 0.6 is 0 Å². The molecular formula is C61H78N8O14. The summed E-state index contributed by atoms with van der Waals surface area (Å²) in [6, 6.07) is 4.48. The quantitative estimate of drug-likeness (QED) is 0.106. The van der Waals surface area contributed by atoms with Crippen molar-refractivity contribution in [3.8, 4) is 35.1 Å². The second-order valence-corrected chi connectivity index (χ2v) is 21.8. The van der Waals surface area contributed by atoms with Crippen LogP contribution in [0.4, 0.5) is 0 Å². The lowest BCUT2D eigenvalue weighted by Crippen LogP contribution is -2.71. The number of carbonyl (C=O) groups is 6. The maximum atomic E-state index is 13.8. The molecule has 4 bridgehead atoms. The minimum absolute atomic E-state index is 0. The van der Waals surface area contributed by atoms with Gasteiger partial charge in [0, 0.05) is 110 Å². The molecule has 22 nitrogen and oxygen atoms in total. The summed E-state index contributed by atoms with van der Waals surface area (Å²) in [6.45, 7) is 9.80. The van der Waals surface area contributed by atoms with E-state index in [4.69, 9.17) is 33.2 Å². The first-order valence-electron chi connectivity index (χ1n) is 26.9. The smallest absolute Gasteiger partial charge is 0.232 e. The van der Waals surface area contributed by atoms with Crippen molar-refractivity contribution in [3.63, 3.8) is 0 Å². The molecule has 6 aliphatic heterocycles. The molecule has 2 unspecified atom stereocenters. The Morgan fingerprint density at radius 3 is 1.40 bits per heavy atom. The molecule has 3 N–H and O–H groups in total. The second-order valence-electron chi connectivity index (χ2n) is 21.8. The monoisotopic (exact) mass is 1150 g/mol. The predicted octanol–water partition coefficient (Wildman–Crippen LogP) is 4.66. The Balaban J connectivity index is 0.000000233. The van der Waals surface area contributed by atoms with E-state index in [2.05, 4.69) is 44.7 Å². The molecule has 0 spiro atoms. The van der Waals surface area contributed by atoms with Gasteiger partial charge >= 0.3 is 0 Å². The van der Waals surface area contributed by atoms with Gasteiger partial charge in [-0.05, 0) is 89.7 Å². The lowest BCUT2D eigenvalue weighted by molar-refractivity contribution is -0.134. The van der Waals surface area contributed by atoms with Crippen molar-refractivity contribution in [2.24, 2.45) is 0 Å². The van der Waals surface area contributed by atoms with Crippen molar-refractivity contribution < 1.29 is 67.0 Å². The SMILES string of the molecule is C.C.COCOc1c(OC)c(C)cc2c1[C@@H]1C3CC4=C(C(=O)C(=O)C(C)=C4O)[C@H](CNC(C)=O)N3[C@@H](C#N)[C@H](C2)N1C.COCOc1c(OC)c(C)cc2c1[C@@H]1C3CC4=C(C(=O)C(OC)=C(C)C4=O)[C@H](CNC(C)=O)N3[C@@H](C#N)[C@H](C2)N1C. The Kier molecular flexibility index (Phi) is 18.9. The number of rotatable bonds is 13. The minimum Gasteiger partial charge on any atom is -0.507 e. The Bertz CT molecular complexity index is 3260. The van der Waals surface area contributed by atoms with Crippen LogP contribution in [0.1, 0.15) is 101 Å². The van der Waals surface area contributed by atoms with Crippen LogP contribution in [0.25, 0.3) is 0 Å². The number of aryl methyl sites for hydroxylation is 2. The number of methoxy groups -OCH3 is 5. The molecule has 446 valence electrons. The van der Waals surface area contributed by atoms with Gasteiger partial charge in [0.15, 0.2) is 48.1 Å². The number of nitriles is 2. The first-order valence-corrected chi connectivity index (χ1v) is 26.9. The third kappa shape index (κ3) is 10.2. The Labute approximate surface area is 485 Å². The van der Waals surface area contributed by atoms with Crippen LogP contribution in [0.15, 0.2) is 57.1 Å². The molecule has 2 saturated heterocycles. The fourth-order valence-corrected chi connectivity index (χ4v) is 14.3. The van der Waals surface area contributed by atoms with Gasteiger partial charge in [0.1, 0.15) is 17.8 Å². The molecule has 8 aliphatic rings. The van der Waals surface area contributed by atoms with Gasteiger partial charge in [0.25, 0.3) is 0 Å². The molecule has 0 saturated carbocycles. The zero-order chi connectivity index (χ0) is 58.8. The number of carbonyl (C=O) groups excluding carboxylic acids is 6. The molecule has 83 heavy (non-hydrogen) atoms. The van der Waals surface area contributed by atoms with E-state index >= 15 is 0 Å². The predicted molar refractivity (Wildman–Crippen MR) is 303 cm³/mol. The molecule has 6 heterocycles. The number of allylic oxidation sites excluding steroid dienone is 4. The highest BCUT2D eigenvalue weighted by Crippen LogP contribution is 2.56. The van der Waals surface area contributed by atoms with Crippen molar-refractivity contribution in [1.82, 2.24) is 30.2 Å². The number of hydrogen-bond donors (Lipinski definition) is 3. The van der Waals surface area contributed by atoms with Crippen molar-refractivity contribution in [3.05, 3.63) is 90.5 Å². The first-order chi connectivity index (χ1) is 38.7. The van der Waals surface area contributed by atoms with Gasteiger partial charge in [-0.15, -0.1) is 0 Å². The number of aliphatic hydroxyl groups excluding tert-OH is 1. The molecule has 10 atom stereocenters. The second kappa shape index (κ2) is 24.8. The van der Waals surface area contributed by atoms with Crippen LogP contribution < -0.4 is 29.6 Å². The average molecular weight is 1150 g/mol. The number of nitrogens with zero attached hydrogens (tertiary/aromatic N) is 6. The summed E-state index contributed by atoms with van der Waals surface area (Å²) in [7, 11) is 11.6. The van der Waals surface area contributed by atoms with Gasteiger partial charge in [-0.3, -0.25) is 48.4 Å². The molecule has 2 aliphatic carbocycles. The highest BCUT2D eigenvalue weighted by Gasteiger charge is 2.60. The minimum atomic E-state index is -0.787. The molecule has 0 radical (unpaired) electrons. The van der Waals surface area contributed by atoms with E-state index in [1.165, 1.54) is 35.0 Å². The van der Waals surface area contributed by atoms with Crippen molar-refractivity contribution in [1.29, 1.82) is 10.5 Å². The number of nitrogens with one attached hydrogen (secondary N) is 2. The van der Waals surface area contributed by atoms with Crippen LogP contribution in [-0.2, 0) is 55.8 Å². The van der Waals surface area contributed by atoms with E-state index in [0.717, 1.165) is 33.4 Å². The van der Waals surface area contributed by atoms with E-state index in [0.29, 0.717) is 52.6 Å². The number of fused-ring (bicyclic) bond motifs is 12. The van der Waals surface area contributed by atoms with Crippen molar-refractivity contribution in [2.45, 2.75) is 142 Å². The molecule has 10 rings (SSSR count). The number of piperazine rings is 2. The standard InChI is InChI=1S/C30H36N4O7.C29H34N4O7.2CH4/c1-14-8-17-9-19-21(11-31)34-20(25(33(19)4)23(17)30(28(14)39-6)41-13-38-5)10-18-24(22(34)12-32-16(3)35)27(37)29(40-7)15(2)26(18)36;1-13-7-16-8-18-20(10-30)33-19(24(32(18)4)22(16)29(28(13)39-6)40-12-38-5)9-17-23(21(33)11-31-15(3)34)27(37)26(36)14(2)25(17)35;;/h8,19-22,25H,9-10,12-13H2,1-7H3,(H,32,35);7,18-21,24,35H,8-9,11-12H2,1-6H3,(H,31,34);2*1H4/t19-,20?,21-,22-,25-;18-,19?,20-,21-,24-;;/m00../s1. The molecular weight excluding hydrogens is 1070 g/mol. The largest absolute Gasteiger partial charge is 0.507 e. The van der Waals surface area contributed by atoms with Crippen LogP contribution in [0.3, 0.4) is 0 Å². The maximum Gasteiger partial charge on any atom is 0.232 e. The van der Waals surface area contributed by atoms with Gasteiger partial charge in [-0.2, -0.15) is 10.5 Å². The van der Waals surface area contributed by atoms with E-state index in [-0.39, 0.29) is 136 Å². The summed E-state index contributed by atoms with van der Waals surface area (Å²) in [6.07, 6.45) is 1.55. The number of ether oxygens (including phenoxy) is 7. The normalized spacial score (nSPS) is 27.1. The van der Waals surface area contributed by atoms with Crippen LogP contribution in [0, 0.1) is 36.5 Å². The summed E-state index contributed by atoms with van der Waals surface area (Å²) in [5.74, 6) is -0.601. The summed E-state index contributed by atoms with van der Waals surface area (Å²) in [5.41, 5.74) is 7.17. The molecule has 0 aromatic heterocycles. The van der Waals surface area contributed by atoms with Gasteiger partial charge in [0.2, 0.25) is 29.2 Å². The van der Waals surface area contributed by atoms with Crippen LogP contribution in [0.2, 0.25) is 0 Å². The summed E-state index contributed by atoms with van der Waals surface area (Å²) in [5, 5.41) is 37.9.